The number of aryl methyl sites for hydroxylation is 6. The zero-order chi connectivity index (χ0) is 84.8. The van der Waals surface area contributed by atoms with E-state index in [4.69, 9.17) is 49.9 Å². The fourth-order valence-corrected chi connectivity index (χ4v) is 17.7. The second kappa shape index (κ2) is 35.1. The smallest absolute Gasteiger partial charge is 0.238 e. The number of hydrogen-bond donors (Lipinski definition) is 0. The van der Waals surface area contributed by atoms with Gasteiger partial charge in [0.05, 0.1) is 99.3 Å². The van der Waals surface area contributed by atoms with Gasteiger partial charge in [-0.2, -0.15) is 0 Å². The van der Waals surface area contributed by atoms with Crippen molar-refractivity contribution in [2.45, 2.75) is 116 Å². The number of imidazole rings is 4. The van der Waals surface area contributed by atoms with E-state index in [0.29, 0.717) is 5.02 Å². The summed E-state index contributed by atoms with van der Waals surface area (Å²) in [4.78, 5) is 50.3. The van der Waals surface area contributed by atoms with E-state index in [2.05, 4.69) is 165 Å². The maximum absolute atomic E-state index is 6.49. The minimum atomic E-state index is -0.612. The lowest BCUT2D eigenvalue weighted by Gasteiger charge is -2.31. The van der Waals surface area contributed by atoms with Crippen LogP contribution in [-0.2, 0) is 42.3 Å². The number of ether oxygens (including phenoxy) is 4. The van der Waals surface area contributed by atoms with E-state index in [0.717, 1.165) is 208 Å². The summed E-state index contributed by atoms with van der Waals surface area (Å²) in [6.45, 7) is 15.7. The molecule has 20 rings (SSSR count). The Morgan fingerprint density at radius 3 is 0.976 bits per heavy atom. The largest absolute Gasteiger partial charge is 0.495 e. The SMILES string of the molecule is COc1cc(/C=C/C2=NOC3(c4ccc(C)cc4)CCCN23)ccc1-n1cnc(C)c1.COc1cc(/C=C/C2=NOC3(c4cccc(C)c4)CCCN23)ccc1-n1cnc(C)c1.COc1cc(/C=C/C2=NOC3(c4ccccc4)CCCN23)ccc1-n1cnc(C)c1.COc1cc(/C=C/C2=NOC3(c4ccccc4Cl)CCCN23)ccc1-n1cnc(C)c1. The van der Waals surface area contributed by atoms with Crippen molar-refractivity contribution < 1.29 is 38.3 Å². The van der Waals surface area contributed by atoms with Crippen LogP contribution in [0.2, 0.25) is 5.02 Å². The van der Waals surface area contributed by atoms with Crippen molar-refractivity contribution in [1.29, 1.82) is 0 Å². The Morgan fingerprint density at radius 2 is 0.634 bits per heavy atom. The third kappa shape index (κ3) is 16.3. The fraction of sp³-hybridized carbons (Fsp3) is 0.265. The van der Waals surface area contributed by atoms with Gasteiger partial charge in [0, 0.05) is 104 Å². The van der Waals surface area contributed by atoms with Crippen molar-refractivity contribution >= 4 is 59.2 Å². The number of methoxy groups -OCH3 is 4. The summed E-state index contributed by atoms with van der Waals surface area (Å²) in [6.07, 6.45) is 39.2. The Morgan fingerprint density at radius 1 is 0.317 bits per heavy atom. The first kappa shape index (κ1) is 81.5. The van der Waals surface area contributed by atoms with Crippen molar-refractivity contribution in [1.82, 2.24) is 57.8 Å². The molecule has 0 spiro atoms. The van der Waals surface area contributed by atoms with Crippen LogP contribution in [-0.4, -0.2) is 136 Å². The van der Waals surface area contributed by atoms with Gasteiger partial charge < -0.3 is 76.2 Å². The Balaban J connectivity index is 0.000000116. The summed E-state index contributed by atoms with van der Waals surface area (Å²) in [5.41, 5.74) is 16.6. The molecule has 0 amide bonds. The van der Waals surface area contributed by atoms with Gasteiger partial charge in [0.15, 0.2) is 23.3 Å². The van der Waals surface area contributed by atoms with Crippen LogP contribution in [0.1, 0.15) is 130 Å². The van der Waals surface area contributed by atoms with Crippen LogP contribution in [0.25, 0.3) is 47.1 Å². The molecule has 4 fully saturated rings. The number of nitrogens with zero attached hydrogens (tertiary/aromatic N) is 16. The highest BCUT2D eigenvalue weighted by Crippen LogP contribution is 2.50. The Labute approximate surface area is 721 Å². The van der Waals surface area contributed by atoms with Crippen LogP contribution in [0.5, 0.6) is 23.0 Å². The molecule has 0 N–H and O–H groups in total. The molecule has 8 aliphatic rings. The predicted octanol–water partition coefficient (Wildman–Crippen LogP) is 19.3. The van der Waals surface area contributed by atoms with Gasteiger partial charge in [-0.25, -0.2) is 19.9 Å². The van der Waals surface area contributed by atoms with E-state index in [-0.39, 0.29) is 0 Å². The summed E-state index contributed by atoms with van der Waals surface area (Å²) in [5.74, 6) is 6.50. The van der Waals surface area contributed by atoms with Crippen molar-refractivity contribution in [2.24, 2.45) is 20.6 Å². The zero-order valence-corrected chi connectivity index (χ0v) is 71.5. The number of hydrogen-bond acceptors (Lipinski definition) is 20. The first-order valence-electron chi connectivity index (χ1n) is 41.6. The van der Waals surface area contributed by atoms with E-state index in [1.54, 1.807) is 53.7 Å². The molecule has 626 valence electrons. The second-order valence-corrected chi connectivity index (χ2v) is 32.1. The van der Waals surface area contributed by atoms with Crippen LogP contribution in [0.3, 0.4) is 0 Å². The first-order chi connectivity index (χ1) is 60.0. The summed E-state index contributed by atoms with van der Waals surface area (Å²) in [7, 11) is 6.73. The van der Waals surface area contributed by atoms with Gasteiger partial charge in [-0.15, -0.1) is 0 Å². The molecule has 4 unspecified atom stereocenters. The standard InChI is InChI=1S/2C25H26N4O2.C24H23ClN4O2.C24H24N4O2/c1-18-5-9-21(10-6-18)25-13-4-14-29(25)24(27-31-25)12-8-20-7-11-22(23(15-20)30-3)28-16-19(2)26-17-28;1-18-6-4-7-21(14-18)25-12-5-13-29(25)24(27-31-25)11-9-20-8-10-22(23(15-20)30-3)28-16-19(2)26-17-28;1-17-15-28(16-26-17)21-10-8-18(14-22(21)30-2)9-11-23-27-31-24(12-5-13-29(23)24)19-6-3-4-7-20(19)25;1-18-16-27(17-25-18)21-11-9-19(15-22(21)29-2)10-12-23-26-30-24(13-6-14-28(23)24)20-7-4-3-5-8-20/h5-12,15-17H,4,13-14H2,1-3H3;4,6-11,14-17H,5,12-13H2,1-3H3;3-4,6-11,14-16H,5,12-13H2,1-2H3;3-5,7-12,15-17H,6,13-14H2,1-2H3/b12-8+;2*11-9+;12-10+. The maximum atomic E-state index is 6.49. The van der Waals surface area contributed by atoms with E-state index in [1.807, 2.05) is 204 Å². The van der Waals surface area contributed by atoms with Crippen LogP contribution in [0.15, 0.2) is 271 Å². The van der Waals surface area contributed by atoms with Crippen molar-refractivity contribution in [3.8, 4) is 45.7 Å². The zero-order valence-electron chi connectivity index (χ0n) is 70.8. The molecular formula is C98H99ClN16O8. The molecule has 24 nitrogen and oxygen atoms in total. The number of aromatic nitrogens is 8. The van der Waals surface area contributed by atoms with Gasteiger partial charge in [0.2, 0.25) is 22.9 Å². The lowest BCUT2D eigenvalue weighted by Crippen LogP contribution is -2.40. The molecule has 25 heteroatoms. The molecule has 8 aromatic carbocycles. The van der Waals surface area contributed by atoms with Crippen molar-refractivity contribution in [3.05, 3.63) is 334 Å². The van der Waals surface area contributed by atoms with Gasteiger partial charge in [0.25, 0.3) is 0 Å². The van der Waals surface area contributed by atoms with Crippen molar-refractivity contribution in [3.63, 3.8) is 0 Å². The predicted molar refractivity (Wildman–Crippen MR) is 480 cm³/mol. The molecule has 12 heterocycles. The van der Waals surface area contributed by atoms with E-state index in [1.165, 1.54) is 16.7 Å². The Hall–Kier alpha value is -13.9. The molecule has 4 saturated heterocycles. The van der Waals surface area contributed by atoms with Gasteiger partial charge in [0.1, 0.15) is 23.0 Å². The molecule has 8 aliphatic heterocycles. The van der Waals surface area contributed by atoms with Crippen LogP contribution in [0, 0.1) is 41.5 Å². The highest BCUT2D eigenvalue weighted by molar-refractivity contribution is 6.31. The monoisotopic (exact) mass is 1660 g/mol. The lowest BCUT2D eigenvalue weighted by molar-refractivity contribution is -0.0848. The van der Waals surface area contributed by atoms with E-state index >= 15 is 0 Å². The minimum Gasteiger partial charge on any atom is -0.495 e. The summed E-state index contributed by atoms with van der Waals surface area (Å²) >= 11 is 6.49. The number of oxime groups is 4. The Bertz CT molecular complexity index is 6120. The van der Waals surface area contributed by atoms with E-state index < -0.39 is 22.9 Å². The Kier molecular flexibility index (Phi) is 23.2. The van der Waals surface area contributed by atoms with Crippen molar-refractivity contribution in [2.75, 3.05) is 54.6 Å². The molecule has 0 aliphatic carbocycles. The molecule has 4 aromatic heterocycles. The van der Waals surface area contributed by atoms with Crippen LogP contribution < -0.4 is 18.9 Å². The summed E-state index contributed by atoms with van der Waals surface area (Å²) in [5, 5.41) is 18.4. The molecular weight excluding hydrogens is 1560 g/mol. The first-order valence-corrected chi connectivity index (χ1v) is 41.9. The average molecular weight is 1660 g/mol. The molecule has 0 radical (unpaired) electrons. The quantitative estimate of drug-likeness (QED) is 0.0695. The third-order valence-electron chi connectivity index (χ3n) is 23.6. The van der Waals surface area contributed by atoms with Gasteiger partial charge in [-0.05, 0) is 168 Å². The van der Waals surface area contributed by atoms with Gasteiger partial charge in [-0.1, -0.05) is 189 Å². The molecule has 0 saturated carbocycles. The topological polar surface area (TPSA) is 208 Å². The summed E-state index contributed by atoms with van der Waals surface area (Å²) < 4.78 is 30.3. The molecule has 0 bridgehead atoms. The number of amidine groups is 4. The molecule has 123 heavy (non-hydrogen) atoms. The third-order valence-corrected chi connectivity index (χ3v) is 23.9. The number of fused-ring (bicyclic) bond motifs is 4. The van der Waals surface area contributed by atoms with Crippen LogP contribution in [0.4, 0.5) is 0 Å². The molecule has 12 aromatic rings. The highest BCUT2D eigenvalue weighted by Gasteiger charge is 2.54. The fourth-order valence-electron chi connectivity index (χ4n) is 17.4. The normalized spacial score (nSPS) is 20.2. The lowest BCUT2D eigenvalue weighted by atomic mass is 9.98. The average Bonchev–Trinajstić information content (AvgIpc) is 1.62. The number of benzene rings is 8. The number of rotatable bonds is 20. The summed E-state index contributed by atoms with van der Waals surface area (Å²) in [6, 6.07) is 59.7. The van der Waals surface area contributed by atoms with Gasteiger partial charge in [-0.3, -0.25) is 0 Å². The van der Waals surface area contributed by atoms with Gasteiger partial charge >= 0.3 is 0 Å². The highest BCUT2D eigenvalue weighted by atomic mass is 35.5. The molecule has 4 atom stereocenters. The number of halogens is 1. The van der Waals surface area contributed by atoms with Crippen LogP contribution >= 0.6 is 11.6 Å². The maximum Gasteiger partial charge on any atom is 0.238 e. The minimum absolute atomic E-state index is 0.470. The second-order valence-electron chi connectivity index (χ2n) is 31.7. The van der Waals surface area contributed by atoms with E-state index in [9.17, 15) is 0 Å².